The fourth-order valence-electron chi connectivity index (χ4n) is 0.956. The fraction of sp³-hybridized carbons (Fsp3) is 1.00. The van der Waals surface area contributed by atoms with Gasteiger partial charge in [-0.2, -0.15) is 0 Å². The molecule has 0 aromatic heterocycles. The summed E-state index contributed by atoms with van der Waals surface area (Å²) in [6.07, 6.45) is 0.840. The molecule has 0 aliphatic heterocycles. The number of aliphatic hydroxyl groups is 1. The molecule has 0 aromatic rings. The van der Waals surface area contributed by atoms with E-state index in [2.05, 4.69) is 0 Å². The van der Waals surface area contributed by atoms with E-state index in [9.17, 15) is 4.57 Å². The molecular formula is C9H21O6P. The molecule has 16 heavy (non-hydrogen) atoms. The van der Waals surface area contributed by atoms with E-state index in [-0.39, 0.29) is 19.4 Å². The van der Waals surface area contributed by atoms with Gasteiger partial charge in [-0.1, -0.05) is 0 Å². The molecule has 0 saturated carbocycles. The minimum absolute atomic E-state index is 0.00523. The summed E-state index contributed by atoms with van der Waals surface area (Å²) in [6.45, 7) is 0.973. The van der Waals surface area contributed by atoms with Gasteiger partial charge < -0.3 is 23.6 Å². The number of ether oxygens (including phenoxy) is 2. The van der Waals surface area contributed by atoms with Crippen LogP contribution >= 0.6 is 7.60 Å². The zero-order valence-corrected chi connectivity index (χ0v) is 10.8. The van der Waals surface area contributed by atoms with Crippen molar-refractivity contribution in [1.82, 2.24) is 0 Å². The second kappa shape index (κ2) is 10.2. The molecule has 0 amide bonds. The zero-order chi connectivity index (χ0) is 12.3. The van der Waals surface area contributed by atoms with Crippen LogP contribution in [-0.4, -0.2) is 58.5 Å². The molecule has 1 unspecified atom stereocenters. The minimum atomic E-state index is -3.13. The first kappa shape index (κ1) is 16.0. The molecule has 0 radical (unpaired) electrons. The Kier molecular flexibility index (Phi) is 10.2. The molecule has 6 nitrogen and oxygen atoms in total. The highest BCUT2D eigenvalue weighted by molar-refractivity contribution is 7.53. The van der Waals surface area contributed by atoms with Crippen LogP contribution in [0.25, 0.3) is 0 Å². The molecule has 0 aliphatic rings. The maximum absolute atomic E-state index is 12.0. The third kappa shape index (κ3) is 8.21. The van der Waals surface area contributed by atoms with Crippen LogP contribution in [0.3, 0.4) is 0 Å². The Balaban J connectivity index is 3.92. The van der Waals surface area contributed by atoms with E-state index in [1.807, 2.05) is 0 Å². The molecular weight excluding hydrogens is 235 g/mol. The summed E-state index contributed by atoms with van der Waals surface area (Å²) in [5.74, 6) is 0. The largest absolute Gasteiger partial charge is 0.394 e. The standard InChI is InChI=1S/C9H21O6P/c1-12-5-3-6-14-16(11,9-8-13-2)15-7-4-10/h10H,3-9H2,1-2H3. The lowest BCUT2D eigenvalue weighted by atomic mass is 10.5. The summed E-state index contributed by atoms with van der Waals surface area (Å²) < 4.78 is 31.9. The summed E-state index contributed by atoms with van der Waals surface area (Å²) in [5, 5.41) is 8.61. The van der Waals surface area contributed by atoms with E-state index in [1.165, 1.54) is 7.11 Å². The highest BCUT2D eigenvalue weighted by Gasteiger charge is 2.23. The summed E-state index contributed by atoms with van der Waals surface area (Å²) in [7, 11) is -0.0279. The molecule has 1 atom stereocenters. The van der Waals surface area contributed by atoms with Crippen LogP contribution in [0.1, 0.15) is 6.42 Å². The van der Waals surface area contributed by atoms with Gasteiger partial charge in [0.15, 0.2) is 0 Å². The molecule has 7 heteroatoms. The van der Waals surface area contributed by atoms with E-state index in [1.54, 1.807) is 7.11 Å². The maximum Gasteiger partial charge on any atom is 0.333 e. The molecule has 0 saturated heterocycles. The number of hydrogen-bond acceptors (Lipinski definition) is 6. The van der Waals surface area contributed by atoms with Crippen molar-refractivity contribution in [3.63, 3.8) is 0 Å². The van der Waals surface area contributed by atoms with Crippen LogP contribution < -0.4 is 0 Å². The molecule has 1 N–H and O–H groups in total. The zero-order valence-electron chi connectivity index (χ0n) is 9.89. The van der Waals surface area contributed by atoms with Crippen molar-refractivity contribution in [2.24, 2.45) is 0 Å². The Hall–Kier alpha value is 0.0300. The Morgan fingerprint density at radius 1 is 1.00 bits per heavy atom. The van der Waals surface area contributed by atoms with E-state index < -0.39 is 7.60 Å². The topological polar surface area (TPSA) is 74.2 Å². The van der Waals surface area contributed by atoms with Gasteiger partial charge in [0.2, 0.25) is 0 Å². The van der Waals surface area contributed by atoms with Crippen molar-refractivity contribution in [1.29, 1.82) is 0 Å². The van der Waals surface area contributed by atoms with Crippen LogP contribution in [0.2, 0.25) is 0 Å². The average molecular weight is 256 g/mol. The SMILES string of the molecule is COCCCOP(=O)(CCOC)OCCO. The fourth-order valence-corrected chi connectivity index (χ4v) is 2.46. The van der Waals surface area contributed by atoms with Crippen molar-refractivity contribution < 1.29 is 28.2 Å². The summed E-state index contributed by atoms with van der Waals surface area (Å²) in [5.41, 5.74) is 0. The van der Waals surface area contributed by atoms with Gasteiger partial charge in [0, 0.05) is 20.8 Å². The third-order valence-electron chi connectivity index (χ3n) is 1.73. The van der Waals surface area contributed by atoms with Crippen LogP contribution in [0.4, 0.5) is 0 Å². The molecule has 0 fully saturated rings. The Morgan fingerprint density at radius 3 is 2.19 bits per heavy atom. The van der Waals surface area contributed by atoms with Crippen LogP contribution in [0.5, 0.6) is 0 Å². The smallest absolute Gasteiger partial charge is 0.333 e. The quantitative estimate of drug-likeness (QED) is 0.437. The van der Waals surface area contributed by atoms with E-state index in [0.29, 0.717) is 26.2 Å². The van der Waals surface area contributed by atoms with Crippen LogP contribution in [0, 0.1) is 0 Å². The molecule has 0 rings (SSSR count). The molecule has 98 valence electrons. The lowest BCUT2D eigenvalue weighted by molar-refractivity contribution is 0.136. The van der Waals surface area contributed by atoms with Gasteiger partial charge in [-0.15, -0.1) is 0 Å². The van der Waals surface area contributed by atoms with E-state index >= 15 is 0 Å². The van der Waals surface area contributed by atoms with Gasteiger partial charge in [-0.3, -0.25) is 4.57 Å². The van der Waals surface area contributed by atoms with E-state index in [4.69, 9.17) is 23.6 Å². The van der Waals surface area contributed by atoms with Gasteiger partial charge in [0.05, 0.1) is 32.6 Å². The van der Waals surface area contributed by atoms with Gasteiger partial charge >= 0.3 is 7.60 Å². The van der Waals surface area contributed by atoms with Crippen LogP contribution in [0.15, 0.2) is 0 Å². The Labute approximate surface area is 96.4 Å². The first-order chi connectivity index (χ1) is 7.68. The van der Waals surface area contributed by atoms with Gasteiger partial charge in [0.25, 0.3) is 0 Å². The number of aliphatic hydroxyl groups excluding tert-OH is 1. The predicted octanol–water partition coefficient (Wildman–Crippen LogP) is 0.888. The third-order valence-corrected chi connectivity index (χ3v) is 3.61. The molecule has 0 spiro atoms. The second-order valence-electron chi connectivity index (χ2n) is 3.06. The van der Waals surface area contributed by atoms with E-state index in [0.717, 1.165) is 0 Å². The van der Waals surface area contributed by atoms with Crippen LogP contribution in [-0.2, 0) is 23.1 Å². The predicted molar refractivity (Wildman–Crippen MR) is 59.8 cm³/mol. The monoisotopic (exact) mass is 256 g/mol. The lowest BCUT2D eigenvalue weighted by Crippen LogP contribution is -2.08. The number of rotatable bonds is 11. The summed E-state index contributed by atoms with van der Waals surface area (Å²) >= 11 is 0. The van der Waals surface area contributed by atoms with Gasteiger partial charge in [-0.25, -0.2) is 0 Å². The molecule has 0 bridgehead atoms. The normalized spacial score (nSPS) is 14.9. The number of methoxy groups -OCH3 is 2. The highest BCUT2D eigenvalue weighted by atomic mass is 31.2. The summed E-state index contributed by atoms with van der Waals surface area (Å²) in [4.78, 5) is 0. The van der Waals surface area contributed by atoms with Crippen molar-refractivity contribution >= 4 is 7.60 Å². The first-order valence-electron chi connectivity index (χ1n) is 5.15. The second-order valence-corrected chi connectivity index (χ2v) is 5.25. The molecule has 0 aromatic carbocycles. The minimum Gasteiger partial charge on any atom is -0.394 e. The molecule has 0 heterocycles. The molecule has 0 aliphatic carbocycles. The van der Waals surface area contributed by atoms with Crippen molar-refractivity contribution in [2.45, 2.75) is 6.42 Å². The number of hydrogen-bond donors (Lipinski definition) is 1. The Bertz CT molecular complexity index is 186. The van der Waals surface area contributed by atoms with Crippen molar-refractivity contribution in [3.05, 3.63) is 0 Å². The first-order valence-corrected chi connectivity index (χ1v) is 6.88. The van der Waals surface area contributed by atoms with Crippen molar-refractivity contribution in [2.75, 3.05) is 53.4 Å². The lowest BCUT2D eigenvalue weighted by Gasteiger charge is -2.17. The Morgan fingerprint density at radius 2 is 1.62 bits per heavy atom. The average Bonchev–Trinajstić information content (AvgIpc) is 2.30. The van der Waals surface area contributed by atoms with Gasteiger partial charge in [0.1, 0.15) is 0 Å². The van der Waals surface area contributed by atoms with Crippen molar-refractivity contribution in [3.8, 4) is 0 Å². The maximum atomic E-state index is 12.0. The highest BCUT2D eigenvalue weighted by Crippen LogP contribution is 2.47. The summed E-state index contributed by atoms with van der Waals surface area (Å²) in [6, 6.07) is 0. The van der Waals surface area contributed by atoms with Gasteiger partial charge in [-0.05, 0) is 6.42 Å².